The number of carbonyl (C=O) groups is 2. The molecule has 0 aromatic heterocycles. The van der Waals surface area contributed by atoms with E-state index in [0.717, 1.165) is 4.90 Å². The van der Waals surface area contributed by atoms with Gasteiger partial charge in [-0.25, -0.2) is 9.69 Å². The minimum absolute atomic E-state index is 0.0220. The third kappa shape index (κ3) is 4.54. The van der Waals surface area contributed by atoms with Crippen LogP contribution in [0, 0.1) is 5.92 Å². The molecule has 1 aliphatic heterocycles. The standard InChI is InChI=1S/C17H29NO4Si/c1-8-10-14(22-23(6,7)17(3,4)5)13(9-2)15(19)18-11-12-21-16(18)20/h8-10,13-14H,2,11-12H2,1,3-7H3/b10-8+/t13-,14+/m1/s1. The molecule has 1 fully saturated rings. The molecule has 0 saturated carbocycles. The number of cyclic esters (lactones) is 1. The first-order chi connectivity index (χ1) is 10.5. The lowest BCUT2D eigenvalue weighted by Crippen LogP contribution is -2.48. The minimum Gasteiger partial charge on any atom is -0.447 e. The zero-order valence-electron chi connectivity index (χ0n) is 15.1. The van der Waals surface area contributed by atoms with Crippen LogP contribution in [0.2, 0.25) is 18.1 Å². The largest absolute Gasteiger partial charge is 0.447 e. The van der Waals surface area contributed by atoms with Gasteiger partial charge in [0.1, 0.15) is 6.61 Å². The van der Waals surface area contributed by atoms with E-state index < -0.39 is 26.4 Å². The normalized spacial score (nSPS) is 18.9. The molecule has 0 aromatic carbocycles. The lowest BCUT2D eigenvalue weighted by molar-refractivity contribution is -0.132. The highest BCUT2D eigenvalue weighted by Gasteiger charge is 2.42. The summed E-state index contributed by atoms with van der Waals surface area (Å²) in [5.74, 6) is -0.921. The summed E-state index contributed by atoms with van der Waals surface area (Å²) in [5, 5.41) is 0.0220. The Labute approximate surface area is 140 Å². The highest BCUT2D eigenvalue weighted by molar-refractivity contribution is 6.74. The van der Waals surface area contributed by atoms with E-state index in [0.29, 0.717) is 0 Å². The van der Waals surface area contributed by atoms with E-state index in [1.807, 2.05) is 19.1 Å². The number of ether oxygens (including phenoxy) is 1. The summed E-state index contributed by atoms with van der Waals surface area (Å²) in [6, 6.07) is 0. The number of nitrogens with zero attached hydrogens (tertiary/aromatic N) is 1. The molecule has 2 amide bonds. The van der Waals surface area contributed by atoms with Crippen LogP contribution in [0.25, 0.3) is 0 Å². The van der Waals surface area contributed by atoms with E-state index in [1.165, 1.54) is 0 Å². The topological polar surface area (TPSA) is 55.8 Å². The monoisotopic (exact) mass is 339 g/mol. The van der Waals surface area contributed by atoms with Gasteiger partial charge in [0.2, 0.25) is 5.91 Å². The average Bonchev–Trinajstić information content (AvgIpc) is 2.84. The van der Waals surface area contributed by atoms with Crippen LogP contribution in [0.4, 0.5) is 4.79 Å². The molecule has 2 atom stereocenters. The summed E-state index contributed by atoms with van der Waals surface area (Å²) in [7, 11) is -2.07. The van der Waals surface area contributed by atoms with E-state index in [1.54, 1.807) is 6.08 Å². The molecule has 0 aromatic rings. The molecular weight excluding hydrogens is 310 g/mol. The van der Waals surface area contributed by atoms with Gasteiger partial charge in [-0.05, 0) is 25.1 Å². The van der Waals surface area contributed by atoms with Gasteiger partial charge in [-0.15, -0.1) is 6.58 Å². The smallest absolute Gasteiger partial charge is 0.416 e. The van der Waals surface area contributed by atoms with Crippen LogP contribution in [0.1, 0.15) is 27.7 Å². The zero-order valence-corrected chi connectivity index (χ0v) is 16.1. The Kier molecular flexibility index (Phi) is 6.36. The summed E-state index contributed by atoms with van der Waals surface area (Å²) < 4.78 is 11.3. The SMILES string of the molecule is C=C[C@@H](C(=O)N1CCOC1=O)[C@H](/C=C/C)O[Si](C)(C)C(C)(C)C. The Balaban J connectivity index is 3.03. The second-order valence-electron chi connectivity index (χ2n) is 7.23. The van der Waals surface area contributed by atoms with Crippen molar-refractivity contribution in [3.8, 4) is 0 Å². The molecule has 1 aliphatic rings. The van der Waals surface area contributed by atoms with Crippen LogP contribution >= 0.6 is 0 Å². The maximum Gasteiger partial charge on any atom is 0.416 e. The number of amides is 2. The quantitative estimate of drug-likeness (QED) is 0.546. The van der Waals surface area contributed by atoms with Crippen molar-refractivity contribution in [2.45, 2.75) is 51.9 Å². The number of carbonyl (C=O) groups excluding carboxylic acids is 2. The van der Waals surface area contributed by atoms with Crippen molar-refractivity contribution >= 4 is 20.3 Å². The van der Waals surface area contributed by atoms with Gasteiger partial charge in [0.05, 0.1) is 18.6 Å². The molecule has 130 valence electrons. The van der Waals surface area contributed by atoms with E-state index in [2.05, 4.69) is 40.4 Å². The third-order valence-corrected chi connectivity index (χ3v) is 9.01. The fourth-order valence-electron chi connectivity index (χ4n) is 2.09. The van der Waals surface area contributed by atoms with E-state index >= 15 is 0 Å². The van der Waals surface area contributed by atoms with Crippen LogP contribution in [0.15, 0.2) is 24.8 Å². The second kappa shape index (κ2) is 7.44. The molecule has 5 nitrogen and oxygen atoms in total. The molecule has 0 unspecified atom stereocenters. The predicted octanol–water partition coefficient (Wildman–Crippen LogP) is 3.73. The Hall–Kier alpha value is -1.40. The molecule has 0 N–H and O–H groups in total. The van der Waals surface area contributed by atoms with Gasteiger partial charge in [0, 0.05) is 0 Å². The van der Waals surface area contributed by atoms with Crippen molar-refractivity contribution in [2.24, 2.45) is 5.92 Å². The van der Waals surface area contributed by atoms with Gasteiger partial charge >= 0.3 is 6.09 Å². The summed E-state index contributed by atoms with van der Waals surface area (Å²) in [6.07, 6.45) is 4.27. The number of imide groups is 1. The maximum absolute atomic E-state index is 12.7. The molecule has 0 spiro atoms. The molecule has 23 heavy (non-hydrogen) atoms. The fraction of sp³-hybridized carbons (Fsp3) is 0.647. The zero-order chi connectivity index (χ0) is 17.8. The Morgan fingerprint density at radius 2 is 2.04 bits per heavy atom. The molecule has 0 aliphatic carbocycles. The number of rotatable bonds is 6. The number of hydrogen-bond donors (Lipinski definition) is 0. The van der Waals surface area contributed by atoms with Crippen molar-refractivity contribution in [1.29, 1.82) is 0 Å². The summed E-state index contributed by atoms with van der Waals surface area (Å²) in [6.45, 7) is 16.9. The molecule has 0 radical (unpaired) electrons. The van der Waals surface area contributed by atoms with Crippen molar-refractivity contribution < 1.29 is 18.8 Å². The first kappa shape index (κ1) is 19.6. The lowest BCUT2D eigenvalue weighted by Gasteiger charge is -2.40. The Morgan fingerprint density at radius 1 is 1.43 bits per heavy atom. The number of hydrogen-bond acceptors (Lipinski definition) is 4. The summed E-state index contributed by atoms with van der Waals surface area (Å²) in [5.41, 5.74) is 0. The lowest BCUT2D eigenvalue weighted by atomic mass is 10.0. The fourth-order valence-corrected chi connectivity index (χ4v) is 3.35. The van der Waals surface area contributed by atoms with Gasteiger partial charge in [-0.1, -0.05) is 39.0 Å². The van der Waals surface area contributed by atoms with Crippen LogP contribution in [0.5, 0.6) is 0 Å². The minimum atomic E-state index is -2.07. The molecule has 1 heterocycles. The second-order valence-corrected chi connectivity index (χ2v) is 12.0. The van der Waals surface area contributed by atoms with Crippen molar-refractivity contribution in [3.05, 3.63) is 24.8 Å². The van der Waals surface area contributed by atoms with Crippen LogP contribution in [0.3, 0.4) is 0 Å². The van der Waals surface area contributed by atoms with Crippen LogP contribution in [-0.4, -0.2) is 44.5 Å². The van der Waals surface area contributed by atoms with Gasteiger partial charge in [-0.2, -0.15) is 0 Å². The highest BCUT2D eigenvalue weighted by Crippen LogP contribution is 2.38. The number of allylic oxidation sites excluding steroid dienone is 1. The van der Waals surface area contributed by atoms with Gasteiger partial charge in [0.15, 0.2) is 8.32 Å². The average molecular weight is 340 g/mol. The third-order valence-electron chi connectivity index (χ3n) is 4.54. The van der Waals surface area contributed by atoms with Crippen LogP contribution < -0.4 is 0 Å². The van der Waals surface area contributed by atoms with Gasteiger partial charge < -0.3 is 9.16 Å². The Bertz CT molecular complexity index is 493. The maximum atomic E-state index is 12.7. The summed E-state index contributed by atoms with van der Waals surface area (Å²) in [4.78, 5) is 25.5. The van der Waals surface area contributed by atoms with Crippen molar-refractivity contribution in [2.75, 3.05) is 13.2 Å². The first-order valence-corrected chi connectivity index (χ1v) is 10.9. The van der Waals surface area contributed by atoms with Gasteiger partial charge in [-0.3, -0.25) is 4.79 Å². The van der Waals surface area contributed by atoms with Gasteiger partial charge in [0.25, 0.3) is 0 Å². The van der Waals surface area contributed by atoms with E-state index in [9.17, 15) is 9.59 Å². The highest BCUT2D eigenvalue weighted by atomic mass is 28.4. The first-order valence-electron chi connectivity index (χ1n) is 7.96. The Morgan fingerprint density at radius 3 is 2.43 bits per heavy atom. The molecule has 0 bridgehead atoms. The van der Waals surface area contributed by atoms with E-state index in [4.69, 9.17) is 9.16 Å². The summed E-state index contributed by atoms with van der Waals surface area (Å²) >= 11 is 0. The molecule has 1 saturated heterocycles. The van der Waals surface area contributed by atoms with Crippen molar-refractivity contribution in [3.63, 3.8) is 0 Å². The predicted molar refractivity (Wildman–Crippen MR) is 93.6 cm³/mol. The van der Waals surface area contributed by atoms with Crippen LogP contribution in [-0.2, 0) is 14.0 Å². The van der Waals surface area contributed by atoms with Crippen molar-refractivity contribution in [1.82, 2.24) is 4.90 Å². The molecular formula is C17H29NO4Si. The molecule has 1 rings (SSSR count). The van der Waals surface area contributed by atoms with E-state index in [-0.39, 0.29) is 24.1 Å². The molecule has 6 heteroatoms.